The summed E-state index contributed by atoms with van der Waals surface area (Å²) in [5.41, 5.74) is 2.03. The summed E-state index contributed by atoms with van der Waals surface area (Å²) < 4.78 is 2.19. The van der Waals surface area contributed by atoms with Crippen molar-refractivity contribution in [3.63, 3.8) is 0 Å². The monoisotopic (exact) mass is 229 g/mol. The fraction of sp³-hybridized carbons (Fsp3) is 0.385. The average molecular weight is 229 g/mol. The lowest BCUT2D eigenvalue weighted by molar-refractivity contribution is 0.199. The van der Waals surface area contributed by atoms with Crippen molar-refractivity contribution in [1.29, 1.82) is 0 Å². The summed E-state index contributed by atoms with van der Waals surface area (Å²) in [4.78, 5) is 8.74. The second-order valence-corrected chi connectivity index (χ2v) is 4.52. The van der Waals surface area contributed by atoms with E-state index in [-0.39, 0.29) is 6.61 Å². The Morgan fingerprint density at radius 2 is 2.41 bits per heavy atom. The molecule has 0 fully saturated rings. The number of aliphatic hydroxyl groups is 1. The number of aryl methyl sites for hydroxylation is 1. The normalized spacial score (nSPS) is 19.0. The van der Waals surface area contributed by atoms with Gasteiger partial charge in [0.05, 0.1) is 5.69 Å². The number of rotatable bonds is 2. The lowest BCUT2D eigenvalue weighted by atomic mass is 9.99. The molecule has 0 saturated carbocycles. The quantitative estimate of drug-likeness (QED) is 0.849. The first-order valence-corrected chi connectivity index (χ1v) is 5.94. The topological polar surface area (TPSA) is 50.9 Å². The fourth-order valence-corrected chi connectivity index (χ4v) is 2.30. The van der Waals surface area contributed by atoms with Gasteiger partial charge in [-0.2, -0.15) is 0 Å². The molecule has 0 radical (unpaired) electrons. The molecule has 1 aliphatic rings. The third-order valence-electron chi connectivity index (χ3n) is 3.32. The highest BCUT2D eigenvalue weighted by Gasteiger charge is 2.20. The van der Waals surface area contributed by atoms with Crippen LogP contribution in [0.5, 0.6) is 0 Å². The Balaban J connectivity index is 1.93. The second kappa shape index (κ2) is 4.30. The zero-order valence-corrected chi connectivity index (χ0v) is 9.58. The molecule has 0 amide bonds. The molecule has 1 aliphatic heterocycles. The summed E-state index contributed by atoms with van der Waals surface area (Å²) in [6.45, 7) is 1.21. The molecule has 0 aromatic carbocycles. The standard InChI is InChI=1S/C13H15N3O/c17-9-10-3-5-16-8-12(15-13(16)6-10)11-2-1-4-14-7-11/h1-2,4,7-8,10,17H,3,5-6,9H2. The molecule has 3 heterocycles. The molecular weight excluding hydrogens is 214 g/mol. The van der Waals surface area contributed by atoms with Gasteiger partial charge in [0.1, 0.15) is 5.82 Å². The lowest BCUT2D eigenvalue weighted by Gasteiger charge is -2.20. The lowest BCUT2D eigenvalue weighted by Crippen LogP contribution is -2.21. The molecule has 0 bridgehead atoms. The third-order valence-corrected chi connectivity index (χ3v) is 3.32. The molecule has 0 saturated heterocycles. The molecule has 4 heteroatoms. The van der Waals surface area contributed by atoms with Crippen molar-refractivity contribution >= 4 is 0 Å². The number of imidazole rings is 1. The van der Waals surface area contributed by atoms with Crippen molar-refractivity contribution < 1.29 is 5.11 Å². The molecule has 0 aliphatic carbocycles. The minimum atomic E-state index is 0.259. The van der Waals surface area contributed by atoms with Gasteiger partial charge in [0.2, 0.25) is 0 Å². The van der Waals surface area contributed by atoms with Gasteiger partial charge in [0.15, 0.2) is 0 Å². The van der Waals surface area contributed by atoms with Crippen LogP contribution in [0.1, 0.15) is 12.2 Å². The molecule has 2 aromatic rings. The van der Waals surface area contributed by atoms with Gasteiger partial charge in [0.25, 0.3) is 0 Å². The summed E-state index contributed by atoms with van der Waals surface area (Å²) in [7, 11) is 0. The van der Waals surface area contributed by atoms with Gasteiger partial charge in [0, 0.05) is 43.7 Å². The van der Waals surface area contributed by atoms with Crippen LogP contribution in [0.15, 0.2) is 30.7 Å². The summed E-state index contributed by atoms with van der Waals surface area (Å²) >= 11 is 0. The molecule has 1 unspecified atom stereocenters. The zero-order chi connectivity index (χ0) is 11.7. The number of nitrogens with zero attached hydrogens (tertiary/aromatic N) is 3. The number of hydrogen-bond donors (Lipinski definition) is 1. The van der Waals surface area contributed by atoms with Crippen LogP contribution >= 0.6 is 0 Å². The van der Waals surface area contributed by atoms with Gasteiger partial charge in [-0.25, -0.2) is 4.98 Å². The van der Waals surface area contributed by atoms with Crippen LogP contribution in [-0.4, -0.2) is 26.2 Å². The van der Waals surface area contributed by atoms with E-state index < -0.39 is 0 Å². The van der Waals surface area contributed by atoms with Gasteiger partial charge >= 0.3 is 0 Å². The first-order chi connectivity index (χ1) is 8.36. The third kappa shape index (κ3) is 1.96. The highest BCUT2D eigenvalue weighted by molar-refractivity contribution is 5.57. The molecule has 2 aromatic heterocycles. The van der Waals surface area contributed by atoms with E-state index in [1.54, 1.807) is 6.20 Å². The van der Waals surface area contributed by atoms with Gasteiger partial charge < -0.3 is 9.67 Å². The summed E-state index contributed by atoms with van der Waals surface area (Å²) in [5.74, 6) is 1.45. The summed E-state index contributed by atoms with van der Waals surface area (Å²) in [6, 6.07) is 3.94. The maximum Gasteiger partial charge on any atom is 0.109 e. The van der Waals surface area contributed by atoms with Crippen LogP contribution in [0.2, 0.25) is 0 Å². The molecule has 1 N–H and O–H groups in total. The Kier molecular flexibility index (Phi) is 2.65. The van der Waals surface area contributed by atoms with E-state index in [9.17, 15) is 5.11 Å². The van der Waals surface area contributed by atoms with E-state index in [1.165, 1.54) is 0 Å². The van der Waals surface area contributed by atoms with Crippen LogP contribution in [0, 0.1) is 5.92 Å². The predicted octanol–water partition coefficient (Wildman–Crippen LogP) is 1.50. The second-order valence-electron chi connectivity index (χ2n) is 4.52. The van der Waals surface area contributed by atoms with E-state index in [2.05, 4.69) is 20.7 Å². The van der Waals surface area contributed by atoms with Crippen molar-refractivity contribution in [3.8, 4) is 11.3 Å². The predicted molar refractivity (Wildman–Crippen MR) is 64.4 cm³/mol. The first-order valence-electron chi connectivity index (χ1n) is 5.94. The summed E-state index contributed by atoms with van der Waals surface area (Å²) in [6.07, 6.45) is 7.59. The van der Waals surface area contributed by atoms with E-state index in [0.717, 1.165) is 36.5 Å². The Hall–Kier alpha value is -1.68. The van der Waals surface area contributed by atoms with E-state index in [0.29, 0.717) is 5.92 Å². The highest BCUT2D eigenvalue weighted by atomic mass is 16.3. The fourth-order valence-electron chi connectivity index (χ4n) is 2.30. The van der Waals surface area contributed by atoms with Gasteiger partial charge in [-0.15, -0.1) is 0 Å². The Morgan fingerprint density at radius 3 is 3.18 bits per heavy atom. The number of pyridine rings is 1. The molecule has 0 spiro atoms. The van der Waals surface area contributed by atoms with Crippen LogP contribution in [0.25, 0.3) is 11.3 Å². The number of aliphatic hydroxyl groups excluding tert-OH is 1. The van der Waals surface area contributed by atoms with Crippen LogP contribution in [0.3, 0.4) is 0 Å². The zero-order valence-electron chi connectivity index (χ0n) is 9.58. The average Bonchev–Trinajstić information content (AvgIpc) is 2.82. The van der Waals surface area contributed by atoms with E-state index in [4.69, 9.17) is 0 Å². The first kappa shape index (κ1) is 10.5. The van der Waals surface area contributed by atoms with Crippen LogP contribution in [-0.2, 0) is 13.0 Å². The maximum absolute atomic E-state index is 9.19. The maximum atomic E-state index is 9.19. The minimum absolute atomic E-state index is 0.259. The van der Waals surface area contributed by atoms with Crippen molar-refractivity contribution in [1.82, 2.24) is 14.5 Å². The Labute approximate surface area is 100.0 Å². The Bertz CT molecular complexity index is 507. The van der Waals surface area contributed by atoms with Crippen molar-refractivity contribution in [3.05, 3.63) is 36.5 Å². The van der Waals surface area contributed by atoms with Crippen LogP contribution in [0.4, 0.5) is 0 Å². The smallest absolute Gasteiger partial charge is 0.109 e. The molecule has 17 heavy (non-hydrogen) atoms. The van der Waals surface area contributed by atoms with Gasteiger partial charge in [-0.3, -0.25) is 4.98 Å². The SMILES string of the molecule is OCC1CCn2cc(-c3cccnc3)nc2C1. The molecule has 88 valence electrons. The van der Waals surface area contributed by atoms with Gasteiger partial charge in [-0.05, 0) is 24.5 Å². The molecule has 4 nitrogen and oxygen atoms in total. The minimum Gasteiger partial charge on any atom is -0.396 e. The molecular formula is C13H15N3O. The van der Waals surface area contributed by atoms with E-state index in [1.807, 2.05) is 18.3 Å². The molecule has 3 rings (SSSR count). The number of hydrogen-bond acceptors (Lipinski definition) is 3. The van der Waals surface area contributed by atoms with Crippen LogP contribution < -0.4 is 0 Å². The summed E-state index contributed by atoms with van der Waals surface area (Å²) in [5, 5.41) is 9.19. The molecule has 1 atom stereocenters. The number of aromatic nitrogens is 3. The Morgan fingerprint density at radius 1 is 1.47 bits per heavy atom. The van der Waals surface area contributed by atoms with Crippen molar-refractivity contribution in [2.24, 2.45) is 5.92 Å². The largest absolute Gasteiger partial charge is 0.396 e. The number of fused-ring (bicyclic) bond motifs is 1. The van der Waals surface area contributed by atoms with E-state index >= 15 is 0 Å². The van der Waals surface area contributed by atoms with Gasteiger partial charge in [-0.1, -0.05) is 0 Å². The van der Waals surface area contributed by atoms with Crippen molar-refractivity contribution in [2.75, 3.05) is 6.61 Å². The highest BCUT2D eigenvalue weighted by Crippen LogP contribution is 2.24. The van der Waals surface area contributed by atoms with Crippen molar-refractivity contribution in [2.45, 2.75) is 19.4 Å².